The Labute approximate surface area is 116 Å². The molecule has 0 aliphatic carbocycles. The lowest BCUT2D eigenvalue weighted by molar-refractivity contribution is 0.413. The zero-order chi connectivity index (χ0) is 13.5. The minimum absolute atomic E-state index is 0.526. The van der Waals surface area contributed by atoms with Crippen LogP contribution in [-0.4, -0.2) is 38.6 Å². The van der Waals surface area contributed by atoms with Crippen LogP contribution in [0.2, 0.25) is 5.02 Å². The molecule has 0 atom stereocenters. The van der Waals surface area contributed by atoms with Crippen LogP contribution in [0.15, 0.2) is 18.2 Å². The second kappa shape index (κ2) is 7.62. The number of rotatable bonds is 7. The fraction of sp³-hybridized carbons (Fsp3) is 0.571. The zero-order valence-corrected chi connectivity index (χ0v) is 12.4. The lowest BCUT2D eigenvalue weighted by Gasteiger charge is -2.28. The van der Waals surface area contributed by atoms with Crippen molar-refractivity contribution in [1.82, 2.24) is 4.90 Å². The Balaban J connectivity index is 2.89. The summed E-state index contributed by atoms with van der Waals surface area (Å²) in [5.74, 6) is 0. The van der Waals surface area contributed by atoms with Gasteiger partial charge < -0.3 is 15.5 Å². The molecule has 102 valence electrons. The molecule has 0 radical (unpaired) electrons. The molecule has 4 heteroatoms. The molecular weight excluding hydrogens is 246 g/mol. The molecule has 0 fully saturated rings. The van der Waals surface area contributed by atoms with Gasteiger partial charge in [-0.05, 0) is 44.3 Å². The Morgan fingerprint density at radius 2 is 1.89 bits per heavy atom. The fourth-order valence-corrected chi connectivity index (χ4v) is 2.16. The van der Waals surface area contributed by atoms with E-state index in [1.54, 1.807) is 0 Å². The SMILES string of the molecule is CCCN(CCN(C)C)c1ccc(Cl)cc1CN. The van der Waals surface area contributed by atoms with E-state index in [9.17, 15) is 0 Å². The maximum absolute atomic E-state index is 6.02. The largest absolute Gasteiger partial charge is 0.370 e. The molecule has 1 aromatic carbocycles. The van der Waals surface area contributed by atoms with Gasteiger partial charge in [-0.15, -0.1) is 0 Å². The molecule has 0 aliphatic rings. The van der Waals surface area contributed by atoms with Gasteiger partial charge in [-0.1, -0.05) is 18.5 Å². The molecule has 0 amide bonds. The summed E-state index contributed by atoms with van der Waals surface area (Å²) in [5, 5.41) is 0.753. The third-order valence-electron chi connectivity index (χ3n) is 2.91. The lowest BCUT2D eigenvalue weighted by atomic mass is 10.1. The van der Waals surface area contributed by atoms with E-state index in [1.165, 1.54) is 5.69 Å². The van der Waals surface area contributed by atoms with E-state index >= 15 is 0 Å². The number of halogens is 1. The van der Waals surface area contributed by atoms with Crippen molar-refractivity contribution in [1.29, 1.82) is 0 Å². The van der Waals surface area contributed by atoms with E-state index in [0.29, 0.717) is 6.54 Å². The van der Waals surface area contributed by atoms with Gasteiger partial charge in [0.1, 0.15) is 0 Å². The van der Waals surface area contributed by atoms with Crippen LogP contribution in [-0.2, 0) is 6.54 Å². The Bertz CT molecular complexity index is 366. The van der Waals surface area contributed by atoms with E-state index in [0.717, 1.165) is 36.6 Å². The minimum Gasteiger partial charge on any atom is -0.370 e. The van der Waals surface area contributed by atoms with Crippen LogP contribution in [0.1, 0.15) is 18.9 Å². The van der Waals surface area contributed by atoms with E-state index in [-0.39, 0.29) is 0 Å². The maximum atomic E-state index is 6.02. The van der Waals surface area contributed by atoms with Gasteiger partial charge in [0.25, 0.3) is 0 Å². The highest BCUT2D eigenvalue weighted by atomic mass is 35.5. The number of hydrogen-bond donors (Lipinski definition) is 1. The second-order valence-corrected chi connectivity index (χ2v) is 5.20. The maximum Gasteiger partial charge on any atom is 0.0413 e. The lowest BCUT2D eigenvalue weighted by Crippen LogP contribution is -2.33. The number of nitrogens with zero attached hydrogens (tertiary/aromatic N) is 2. The van der Waals surface area contributed by atoms with Crippen LogP contribution >= 0.6 is 11.6 Å². The van der Waals surface area contributed by atoms with Crippen LogP contribution in [0.3, 0.4) is 0 Å². The zero-order valence-electron chi connectivity index (χ0n) is 11.6. The third-order valence-corrected chi connectivity index (χ3v) is 3.15. The van der Waals surface area contributed by atoms with Crippen molar-refractivity contribution in [3.63, 3.8) is 0 Å². The predicted octanol–water partition coefficient (Wildman–Crippen LogP) is 2.58. The summed E-state index contributed by atoms with van der Waals surface area (Å²) >= 11 is 6.02. The van der Waals surface area contributed by atoms with Gasteiger partial charge in [0.2, 0.25) is 0 Å². The Kier molecular flexibility index (Phi) is 6.47. The molecule has 0 bridgehead atoms. The van der Waals surface area contributed by atoms with Crippen molar-refractivity contribution in [2.75, 3.05) is 38.6 Å². The number of benzene rings is 1. The summed E-state index contributed by atoms with van der Waals surface area (Å²) in [6.45, 7) is 5.81. The van der Waals surface area contributed by atoms with E-state index in [4.69, 9.17) is 17.3 Å². The summed E-state index contributed by atoms with van der Waals surface area (Å²) < 4.78 is 0. The molecule has 0 saturated heterocycles. The van der Waals surface area contributed by atoms with Gasteiger partial charge in [-0.25, -0.2) is 0 Å². The van der Waals surface area contributed by atoms with Gasteiger partial charge in [0, 0.05) is 36.9 Å². The molecular formula is C14H24ClN3. The van der Waals surface area contributed by atoms with Crippen molar-refractivity contribution in [2.24, 2.45) is 5.73 Å². The third kappa shape index (κ3) is 4.48. The predicted molar refractivity (Wildman–Crippen MR) is 80.4 cm³/mol. The van der Waals surface area contributed by atoms with Crippen molar-refractivity contribution in [3.05, 3.63) is 28.8 Å². The van der Waals surface area contributed by atoms with Gasteiger partial charge in [0.15, 0.2) is 0 Å². The molecule has 0 aliphatic heterocycles. The average Bonchev–Trinajstić information content (AvgIpc) is 2.34. The fourth-order valence-electron chi connectivity index (χ4n) is 1.97. The first-order valence-electron chi connectivity index (χ1n) is 6.46. The smallest absolute Gasteiger partial charge is 0.0413 e. The monoisotopic (exact) mass is 269 g/mol. The molecule has 0 heterocycles. The number of likely N-dealkylation sites (N-methyl/N-ethyl adjacent to an activating group) is 1. The summed E-state index contributed by atoms with van der Waals surface area (Å²) in [6.07, 6.45) is 1.13. The number of anilines is 1. The van der Waals surface area contributed by atoms with Gasteiger partial charge in [0.05, 0.1) is 0 Å². The molecule has 0 aromatic heterocycles. The molecule has 3 nitrogen and oxygen atoms in total. The first kappa shape index (κ1) is 15.3. The van der Waals surface area contributed by atoms with Crippen molar-refractivity contribution in [3.8, 4) is 0 Å². The van der Waals surface area contributed by atoms with Crippen molar-refractivity contribution < 1.29 is 0 Å². The molecule has 18 heavy (non-hydrogen) atoms. The van der Waals surface area contributed by atoms with E-state index < -0.39 is 0 Å². The average molecular weight is 270 g/mol. The highest BCUT2D eigenvalue weighted by molar-refractivity contribution is 6.30. The van der Waals surface area contributed by atoms with Crippen LogP contribution in [0.4, 0.5) is 5.69 Å². The van der Waals surface area contributed by atoms with E-state index in [1.807, 2.05) is 12.1 Å². The standard InChI is InChI=1S/C14H24ClN3/c1-4-7-18(9-8-17(2)3)14-6-5-13(15)10-12(14)11-16/h5-6,10H,4,7-9,11,16H2,1-3H3. The quantitative estimate of drug-likeness (QED) is 0.826. The molecule has 1 aromatic rings. The molecule has 0 saturated carbocycles. The molecule has 0 spiro atoms. The second-order valence-electron chi connectivity index (χ2n) is 4.77. The number of hydrogen-bond acceptors (Lipinski definition) is 3. The van der Waals surface area contributed by atoms with Crippen LogP contribution in [0.5, 0.6) is 0 Å². The first-order valence-corrected chi connectivity index (χ1v) is 6.84. The van der Waals surface area contributed by atoms with Crippen LogP contribution < -0.4 is 10.6 Å². The Morgan fingerprint density at radius 1 is 1.17 bits per heavy atom. The minimum atomic E-state index is 0.526. The molecule has 0 unspecified atom stereocenters. The normalized spacial score (nSPS) is 11.0. The topological polar surface area (TPSA) is 32.5 Å². The Morgan fingerprint density at radius 3 is 2.44 bits per heavy atom. The van der Waals surface area contributed by atoms with Gasteiger partial charge in [-0.3, -0.25) is 0 Å². The summed E-state index contributed by atoms with van der Waals surface area (Å²) in [5.41, 5.74) is 8.15. The van der Waals surface area contributed by atoms with Crippen molar-refractivity contribution in [2.45, 2.75) is 19.9 Å². The highest BCUT2D eigenvalue weighted by Crippen LogP contribution is 2.24. The highest BCUT2D eigenvalue weighted by Gasteiger charge is 2.10. The summed E-state index contributed by atoms with van der Waals surface area (Å²) in [7, 11) is 4.19. The first-order chi connectivity index (χ1) is 8.58. The summed E-state index contributed by atoms with van der Waals surface area (Å²) in [6, 6.07) is 5.99. The number of nitrogens with two attached hydrogens (primary N) is 1. The van der Waals surface area contributed by atoms with Gasteiger partial charge >= 0.3 is 0 Å². The summed E-state index contributed by atoms with van der Waals surface area (Å²) in [4.78, 5) is 4.58. The van der Waals surface area contributed by atoms with E-state index in [2.05, 4.69) is 36.9 Å². The van der Waals surface area contributed by atoms with Crippen molar-refractivity contribution >= 4 is 17.3 Å². The van der Waals surface area contributed by atoms with Gasteiger partial charge in [-0.2, -0.15) is 0 Å². The van der Waals surface area contributed by atoms with Crippen LogP contribution in [0, 0.1) is 0 Å². The molecule has 1 rings (SSSR count). The molecule has 2 N–H and O–H groups in total. The van der Waals surface area contributed by atoms with Crippen LogP contribution in [0.25, 0.3) is 0 Å². The Hall–Kier alpha value is -0.770.